The van der Waals surface area contributed by atoms with Crippen molar-refractivity contribution in [3.63, 3.8) is 0 Å². The number of hydrogen-bond donors (Lipinski definition) is 2. The summed E-state index contributed by atoms with van der Waals surface area (Å²) in [6, 6.07) is 3.20. The van der Waals surface area contributed by atoms with Crippen LogP contribution >= 0.6 is 0 Å². The largest absolute Gasteiger partial charge is 0.384 e. The Kier molecular flexibility index (Phi) is 6.61. The number of ether oxygens (including phenoxy) is 1. The molecule has 0 saturated carbocycles. The number of sulfonamides is 1. The second-order valence-electron chi connectivity index (χ2n) is 3.70. The molecule has 0 bridgehead atoms. The first-order chi connectivity index (χ1) is 9.51. The summed E-state index contributed by atoms with van der Waals surface area (Å²) in [6.45, 7) is 2.21. The maximum absolute atomic E-state index is 13.1. The number of benzene rings is 1. The molecule has 0 aliphatic carbocycles. The topological polar surface area (TPSA) is 75.6 Å². The zero-order chi connectivity index (χ0) is 15.0. The van der Waals surface area contributed by atoms with E-state index >= 15 is 0 Å². The Hall–Kier alpha value is -1.46. The van der Waals surface area contributed by atoms with E-state index < -0.39 is 22.4 Å². The van der Waals surface area contributed by atoms with Crippen molar-refractivity contribution in [2.75, 3.05) is 26.4 Å². The zero-order valence-corrected chi connectivity index (χ0v) is 11.8. The molecule has 0 fully saturated rings. The van der Waals surface area contributed by atoms with Crippen molar-refractivity contribution >= 4 is 10.0 Å². The number of aliphatic hydroxyl groups excluding tert-OH is 1. The summed E-state index contributed by atoms with van der Waals surface area (Å²) in [5.74, 6) is 4.13. The molecule has 1 rings (SSSR count). The Labute approximate surface area is 117 Å². The Morgan fingerprint density at radius 3 is 2.85 bits per heavy atom. The molecule has 0 heterocycles. The summed E-state index contributed by atoms with van der Waals surface area (Å²) < 4.78 is 44.7. The predicted molar refractivity (Wildman–Crippen MR) is 72.0 cm³/mol. The molecule has 0 spiro atoms. The van der Waals surface area contributed by atoms with Gasteiger partial charge in [-0.05, 0) is 25.1 Å². The molecule has 1 aromatic rings. The highest BCUT2D eigenvalue weighted by Gasteiger charge is 2.17. The van der Waals surface area contributed by atoms with Gasteiger partial charge >= 0.3 is 0 Å². The second kappa shape index (κ2) is 7.97. The van der Waals surface area contributed by atoms with E-state index in [4.69, 9.17) is 9.84 Å². The quantitative estimate of drug-likeness (QED) is 0.592. The summed E-state index contributed by atoms with van der Waals surface area (Å²) in [6.07, 6.45) is 0. The van der Waals surface area contributed by atoms with Gasteiger partial charge in [-0.15, -0.1) is 0 Å². The second-order valence-corrected chi connectivity index (χ2v) is 5.43. The number of aliphatic hydroxyl groups is 1. The molecule has 0 atom stereocenters. The summed E-state index contributed by atoms with van der Waals surface area (Å²) in [5, 5.41) is 8.64. The van der Waals surface area contributed by atoms with Crippen LogP contribution in [0.4, 0.5) is 4.39 Å². The number of halogens is 1. The van der Waals surface area contributed by atoms with Crippen LogP contribution < -0.4 is 4.72 Å². The van der Waals surface area contributed by atoms with E-state index in [0.29, 0.717) is 6.61 Å². The molecule has 0 aliphatic rings. The monoisotopic (exact) mass is 301 g/mol. The molecular formula is C13H16FNO4S. The zero-order valence-electron chi connectivity index (χ0n) is 11.0. The lowest BCUT2D eigenvalue weighted by Gasteiger charge is -2.08. The molecule has 2 N–H and O–H groups in total. The number of rotatable bonds is 6. The van der Waals surface area contributed by atoms with Gasteiger partial charge in [0.25, 0.3) is 0 Å². The van der Waals surface area contributed by atoms with Crippen molar-refractivity contribution < 1.29 is 22.7 Å². The summed E-state index contributed by atoms with van der Waals surface area (Å²) in [4.78, 5) is -0.128. The lowest BCUT2D eigenvalue weighted by molar-refractivity contribution is 0.153. The maximum Gasteiger partial charge on any atom is 0.241 e. The summed E-state index contributed by atoms with van der Waals surface area (Å²) in [7, 11) is -3.80. The van der Waals surface area contributed by atoms with Crippen LogP contribution in [0, 0.1) is 17.7 Å². The fraction of sp³-hybridized carbons (Fsp3) is 0.385. The van der Waals surface area contributed by atoms with Crippen molar-refractivity contribution in [1.29, 1.82) is 0 Å². The molecule has 0 aromatic heterocycles. The van der Waals surface area contributed by atoms with Crippen LogP contribution in [0.15, 0.2) is 23.1 Å². The first-order valence-electron chi connectivity index (χ1n) is 5.98. The van der Waals surface area contributed by atoms with Crippen LogP contribution in [-0.4, -0.2) is 39.9 Å². The highest BCUT2D eigenvalue weighted by atomic mass is 32.2. The minimum atomic E-state index is -3.80. The van der Waals surface area contributed by atoms with Gasteiger partial charge in [-0.2, -0.15) is 0 Å². The van der Waals surface area contributed by atoms with Gasteiger partial charge in [0.15, 0.2) is 0 Å². The van der Waals surface area contributed by atoms with Gasteiger partial charge in [-0.25, -0.2) is 17.5 Å². The molecule has 0 amide bonds. The van der Waals surface area contributed by atoms with E-state index in [1.165, 1.54) is 0 Å². The smallest absolute Gasteiger partial charge is 0.241 e. The molecular weight excluding hydrogens is 285 g/mol. The molecule has 20 heavy (non-hydrogen) atoms. The Morgan fingerprint density at radius 1 is 1.45 bits per heavy atom. The third-order valence-corrected chi connectivity index (χ3v) is 3.80. The maximum atomic E-state index is 13.1. The first-order valence-corrected chi connectivity index (χ1v) is 7.46. The predicted octanol–water partition coefficient (Wildman–Crippen LogP) is 0.484. The molecule has 0 aliphatic heterocycles. The summed E-state index contributed by atoms with van der Waals surface area (Å²) >= 11 is 0. The molecule has 7 heteroatoms. The fourth-order valence-corrected chi connectivity index (χ4v) is 2.59. The highest BCUT2D eigenvalue weighted by molar-refractivity contribution is 7.89. The van der Waals surface area contributed by atoms with E-state index in [9.17, 15) is 12.8 Å². The third kappa shape index (κ3) is 4.90. The van der Waals surface area contributed by atoms with Gasteiger partial charge in [0.1, 0.15) is 12.4 Å². The van der Waals surface area contributed by atoms with Gasteiger partial charge in [-0.3, -0.25) is 0 Å². The van der Waals surface area contributed by atoms with Gasteiger partial charge in [0, 0.05) is 18.7 Å². The van der Waals surface area contributed by atoms with Crippen LogP contribution in [0.3, 0.4) is 0 Å². The molecule has 0 saturated heterocycles. The van der Waals surface area contributed by atoms with Crippen molar-refractivity contribution in [3.8, 4) is 11.8 Å². The van der Waals surface area contributed by atoms with Gasteiger partial charge in [0.2, 0.25) is 10.0 Å². The van der Waals surface area contributed by atoms with Crippen LogP contribution in [0.2, 0.25) is 0 Å². The van der Waals surface area contributed by atoms with Gasteiger partial charge in [-0.1, -0.05) is 11.8 Å². The Morgan fingerprint density at radius 2 is 2.20 bits per heavy atom. The Bertz CT molecular complexity index is 605. The SMILES string of the molecule is CCOCCNS(=O)(=O)c1ccc(F)cc1C#CCO. The lowest BCUT2D eigenvalue weighted by Crippen LogP contribution is -2.28. The van der Waals surface area contributed by atoms with Crippen molar-refractivity contribution in [2.24, 2.45) is 0 Å². The Balaban J connectivity index is 2.99. The average Bonchev–Trinajstić information content (AvgIpc) is 2.41. The van der Waals surface area contributed by atoms with E-state index in [1.54, 1.807) is 6.92 Å². The highest BCUT2D eigenvalue weighted by Crippen LogP contribution is 2.16. The standard InChI is InChI=1S/C13H16FNO4S/c1-2-19-9-7-15-20(17,18)13-6-5-12(14)10-11(13)4-3-8-16/h5-6,10,15-16H,2,7-9H2,1H3. The minimum absolute atomic E-state index is 0.00274. The van der Waals surface area contributed by atoms with E-state index in [1.807, 2.05) is 0 Å². The average molecular weight is 301 g/mol. The first kappa shape index (κ1) is 16.6. The molecule has 1 aromatic carbocycles. The number of nitrogens with one attached hydrogen (secondary N) is 1. The van der Waals surface area contributed by atoms with Crippen LogP contribution in [0.5, 0.6) is 0 Å². The van der Waals surface area contributed by atoms with Crippen LogP contribution in [-0.2, 0) is 14.8 Å². The van der Waals surface area contributed by atoms with Crippen molar-refractivity contribution in [1.82, 2.24) is 4.72 Å². The fourth-order valence-electron chi connectivity index (χ4n) is 1.44. The van der Waals surface area contributed by atoms with Gasteiger partial charge < -0.3 is 9.84 Å². The van der Waals surface area contributed by atoms with Crippen LogP contribution in [0.1, 0.15) is 12.5 Å². The third-order valence-electron chi connectivity index (χ3n) is 2.28. The summed E-state index contributed by atoms with van der Waals surface area (Å²) in [5.41, 5.74) is 0.00274. The van der Waals surface area contributed by atoms with E-state index in [-0.39, 0.29) is 23.6 Å². The molecule has 5 nitrogen and oxygen atoms in total. The number of hydrogen-bond acceptors (Lipinski definition) is 4. The van der Waals surface area contributed by atoms with Crippen molar-refractivity contribution in [2.45, 2.75) is 11.8 Å². The molecule has 0 radical (unpaired) electrons. The normalized spacial score (nSPS) is 10.9. The van der Waals surface area contributed by atoms with E-state index in [2.05, 4.69) is 16.6 Å². The van der Waals surface area contributed by atoms with Gasteiger partial charge in [0.05, 0.1) is 11.5 Å². The lowest BCUT2D eigenvalue weighted by atomic mass is 10.2. The van der Waals surface area contributed by atoms with Crippen molar-refractivity contribution in [3.05, 3.63) is 29.6 Å². The molecule has 0 unspecified atom stereocenters. The molecule has 110 valence electrons. The minimum Gasteiger partial charge on any atom is -0.384 e. The van der Waals surface area contributed by atoms with Crippen LogP contribution in [0.25, 0.3) is 0 Å². The van der Waals surface area contributed by atoms with E-state index in [0.717, 1.165) is 18.2 Å².